The average molecular weight is 373 g/mol. The van der Waals surface area contributed by atoms with Crippen molar-refractivity contribution in [2.45, 2.75) is 26.5 Å². The van der Waals surface area contributed by atoms with E-state index in [1.807, 2.05) is 6.92 Å². The van der Waals surface area contributed by atoms with Gasteiger partial charge in [-0.05, 0) is 44.2 Å². The zero-order valence-corrected chi connectivity index (χ0v) is 15.0. The summed E-state index contributed by atoms with van der Waals surface area (Å²) in [5, 5.41) is 11.1. The highest BCUT2D eigenvalue weighted by atomic mass is 35.5. The van der Waals surface area contributed by atoms with Gasteiger partial charge in [-0.1, -0.05) is 28.9 Å². The van der Waals surface area contributed by atoms with Gasteiger partial charge in [-0.2, -0.15) is 0 Å². The predicted octanol–water partition coefficient (Wildman–Crippen LogP) is 3.29. The lowest BCUT2D eigenvalue weighted by Crippen LogP contribution is -2.30. The number of ether oxygens (including phenoxy) is 1. The molecular weight excluding hydrogens is 356 g/mol. The molecule has 1 atom stereocenters. The molecule has 1 amide bonds. The van der Waals surface area contributed by atoms with Gasteiger partial charge in [-0.3, -0.25) is 4.79 Å². The third kappa shape index (κ3) is 3.67. The minimum absolute atomic E-state index is 0.304. The van der Waals surface area contributed by atoms with Crippen LogP contribution in [0.25, 0.3) is 11.0 Å². The summed E-state index contributed by atoms with van der Waals surface area (Å²) in [7, 11) is 0. The van der Waals surface area contributed by atoms with E-state index in [-0.39, 0.29) is 0 Å². The van der Waals surface area contributed by atoms with Crippen LogP contribution in [0.15, 0.2) is 42.5 Å². The standard InChI is InChI=1S/C18H17ClN4O3/c1-3-23-16-9-8-12(10-15(16)21-22-23)18(25)26-11(2)17(24)20-14-7-5-4-6-13(14)19/h4-11H,3H2,1-2H3,(H,20,24)/t11-/m0/s1. The molecule has 8 heteroatoms. The van der Waals surface area contributed by atoms with Crippen LogP contribution in [0.1, 0.15) is 24.2 Å². The van der Waals surface area contributed by atoms with Crippen molar-refractivity contribution in [3.05, 3.63) is 53.1 Å². The fourth-order valence-electron chi connectivity index (χ4n) is 2.41. The number of anilines is 1. The maximum Gasteiger partial charge on any atom is 0.338 e. The van der Waals surface area contributed by atoms with Crippen molar-refractivity contribution >= 4 is 40.2 Å². The first-order valence-corrected chi connectivity index (χ1v) is 8.47. The lowest BCUT2D eigenvalue weighted by Gasteiger charge is -2.14. The Labute approximate surface area is 154 Å². The van der Waals surface area contributed by atoms with Gasteiger partial charge in [0, 0.05) is 6.54 Å². The van der Waals surface area contributed by atoms with Crippen molar-refractivity contribution in [2.75, 3.05) is 5.32 Å². The molecule has 1 N–H and O–H groups in total. The monoisotopic (exact) mass is 372 g/mol. The summed E-state index contributed by atoms with van der Waals surface area (Å²) in [4.78, 5) is 24.5. The van der Waals surface area contributed by atoms with Crippen LogP contribution in [0.2, 0.25) is 5.02 Å². The van der Waals surface area contributed by atoms with E-state index in [1.54, 1.807) is 47.1 Å². The molecule has 0 aliphatic heterocycles. The minimum atomic E-state index is -0.985. The molecule has 2 aromatic carbocycles. The molecule has 0 bridgehead atoms. The molecule has 26 heavy (non-hydrogen) atoms. The first-order chi connectivity index (χ1) is 12.5. The van der Waals surface area contributed by atoms with Crippen LogP contribution in [0.3, 0.4) is 0 Å². The Hall–Kier alpha value is -2.93. The maximum absolute atomic E-state index is 12.3. The van der Waals surface area contributed by atoms with E-state index in [0.29, 0.717) is 28.3 Å². The number of carbonyl (C=O) groups is 2. The summed E-state index contributed by atoms with van der Waals surface area (Å²) in [6.45, 7) is 4.13. The molecule has 3 rings (SSSR count). The summed E-state index contributed by atoms with van der Waals surface area (Å²) < 4.78 is 6.97. The molecule has 0 unspecified atom stereocenters. The van der Waals surface area contributed by atoms with E-state index in [2.05, 4.69) is 15.6 Å². The number of nitrogens with zero attached hydrogens (tertiary/aromatic N) is 3. The Kier molecular flexibility index (Phi) is 5.18. The van der Waals surface area contributed by atoms with Crippen molar-refractivity contribution in [3.63, 3.8) is 0 Å². The molecular formula is C18H17ClN4O3. The number of hydrogen-bond acceptors (Lipinski definition) is 5. The number of aryl methyl sites for hydroxylation is 1. The fraction of sp³-hybridized carbons (Fsp3) is 0.222. The zero-order chi connectivity index (χ0) is 18.7. The van der Waals surface area contributed by atoms with Gasteiger partial charge in [-0.15, -0.1) is 5.10 Å². The van der Waals surface area contributed by atoms with Crippen LogP contribution in [0.5, 0.6) is 0 Å². The van der Waals surface area contributed by atoms with Crippen LogP contribution in [-0.2, 0) is 16.1 Å². The second-order valence-electron chi connectivity index (χ2n) is 5.63. The van der Waals surface area contributed by atoms with Gasteiger partial charge in [0.05, 0.1) is 21.8 Å². The number of carbonyl (C=O) groups excluding carboxylic acids is 2. The van der Waals surface area contributed by atoms with E-state index in [0.717, 1.165) is 5.52 Å². The lowest BCUT2D eigenvalue weighted by atomic mass is 10.2. The normalized spacial score (nSPS) is 12.0. The number of aromatic nitrogens is 3. The van der Waals surface area contributed by atoms with Crippen LogP contribution in [0, 0.1) is 0 Å². The third-order valence-electron chi connectivity index (χ3n) is 3.83. The summed E-state index contributed by atoms with van der Waals surface area (Å²) >= 11 is 6.01. The molecule has 0 aliphatic carbocycles. The van der Waals surface area contributed by atoms with E-state index >= 15 is 0 Å². The summed E-state index contributed by atoms with van der Waals surface area (Å²) in [5.74, 6) is -1.08. The maximum atomic E-state index is 12.3. The van der Waals surface area contributed by atoms with Crippen LogP contribution >= 0.6 is 11.6 Å². The van der Waals surface area contributed by atoms with Gasteiger partial charge in [0.2, 0.25) is 0 Å². The van der Waals surface area contributed by atoms with Crippen molar-refractivity contribution in [2.24, 2.45) is 0 Å². The largest absolute Gasteiger partial charge is 0.449 e. The smallest absolute Gasteiger partial charge is 0.338 e. The SMILES string of the molecule is CCn1nnc2cc(C(=O)O[C@@H](C)C(=O)Nc3ccccc3Cl)ccc21. The van der Waals surface area contributed by atoms with Crippen molar-refractivity contribution in [1.29, 1.82) is 0 Å². The Bertz CT molecular complexity index is 970. The van der Waals surface area contributed by atoms with E-state index in [1.165, 1.54) is 6.92 Å². The van der Waals surface area contributed by atoms with E-state index < -0.39 is 18.0 Å². The number of benzene rings is 2. The third-order valence-corrected chi connectivity index (χ3v) is 4.16. The van der Waals surface area contributed by atoms with Gasteiger partial charge in [0.25, 0.3) is 5.91 Å². The Morgan fingerprint density at radius 2 is 2.04 bits per heavy atom. The van der Waals surface area contributed by atoms with Crippen LogP contribution in [-0.4, -0.2) is 33.0 Å². The molecule has 0 spiro atoms. The highest BCUT2D eigenvalue weighted by molar-refractivity contribution is 6.33. The second-order valence-corrected chi connectivity index (χ2v) is 6.03. The fourth-order valence-corrected chi connectivity index (χ4v) is 2.59. The molecule has 3 aromatic rings. The molecule has 0 aliphatic rings. The van der Waals surface area contributed by atoms with E-state index in [4.69, 9.17) is 16.3 Å². The molecule has 1 heterocycles. The highest BCUT2D eigenvalue weighted by Crippen LogP contribution is 2.21. The number of rotatable bonds is 5. The van der Waals surface area contributed by atoms with Crippen LogP contribution < -0.4 is 5.32 Å². The first kappa shape index (κ1) is 17.9. The van der Waals surface area contributed by atoms with Gasteiger partial charge < -0.3 is 10.1 Å². The molecule has 0 fully saturated rings. The topological polar surface area (TPSA) is 86.1 Å². The predicted molar refractivity (Wildman–Crippen MR) is 98.2 cm³/mol. The van der Waals surface area contributed by atoms with Gasteiger partial charge in [0.1, 0.15) is 5.52 Å². The van der Waals surface area contributed by atoms with Gasteiger partial charge in [-0.25, -0.2) is 9.48 Å². The quantitative estimate of drug-likeness (QED) is 0.694. The van der Waals surface area contributed by atoms with Crippen molar-refractivity contribution < 1.29 is 14.3 Å². The van der Waals surface area contributed by atoms with Crippen molar-refractivity contribution in [1.82, 2.24) is 15.0 Å². The highest BCUT2D eigenvalue weighted by Gasteiger charge is 2.20. The second kappa shape index (κ2) is 7.53. The molecule has 0 saturated carbocycles. The molecule has 1 aromatic heterocycles. The Morgan fingerprint density at radius 3 is 2.77 bits per heavy atom. The molecule has 0 radical (unpaired) electrons. The minimum Gasteiger partial charge on any atom is -0.449 e. The van der Waals surface area contributed by atoms with Gasteiger partial charge >= 0.3 is 5.97 Å². The Balaban J connectivity index is 1.68. The molecule has 134 valence electrons. The first-order valence-electron chi connectivity index (χ1n) is 8.09. The number of esters is 1. The molecule has 0 saturated heterocycles. The van der Waals surface area contributed by atoms with Crippen molar-refractivity contribution in [3.8, 4) is 0 Å². The summed E-state index contributed by atoms with van der Waals surface area (Å²) in [6, 6.07) is 11.8. The lowest BCUT2D eigenvalue weighted by molar-refractivity contribution is -0.123. The summed E-state index contributed by atoms with van der Waals surface area (Å²) in [6.07, 6.45) is -0.985. The number of hydrogen-bond donors (Lipinski definition) is 1. The number of amides is 1. The van der Waals surface area contributed by atoms with Gasteiger partial charge in [0.15, 0.2) is 6.10 Å². The van der Waals surface area contributed by atoms with E-state index in [9.17, 15) is 9.59 Å². The molecule has 7 nitrogen and oxygen atoms in total. The number of para-hydroxylation sites is 1. The number of halogens is 1. The average Bonchev–Trinajstić information content (AvgIpc) is 3.05. The number of fused-ring (bicyclic) bond motifs is 1. The Morgan fingerprint density at radius 1 is 1.27 bits per heavy atom. The van der Waals surface area contributed by atoms with Crippen LogP contribution in [0.4, 0.5) is 5.69 Å². The summed E-state index contributed by atoms with van der Waals surface area (Å²) in [5.41, 5.74) is 2.18. The number of nitrogens with one attached hydrogen (secondary N) is 1. The zero-order valence-electron chi connectivity index (χ0n) is 14.3.